The number of nitro benzene ring substituents is 1. The standard InChI is InChI=1S/C17H21N3O5S/c1-10(9-24-3)19-11(2)14(16(21)25-4)15(18-17(19)26)12-6-5-7-13(8-12)20(22)23/h5-8,10,15H,9H2,1-4H3,(H,18,26)/t10-,15-/m0/s1. The molecule has 1 heterocycles. The molecule has 9 heteroatoms. The van der Waals surface area contributed by atoms with Crippen LogP contribution in [-0.2, 0) is 14.3 Å². The van der Waals surface area contributed by atoms with Gasteiger partial charge >= 0.3 is 5.97 Å². The SMILES string of the molecule is COC[C@H](C)N1C(=S)N[C@@H](c2cccc([N+](=O)[O-])c2)C(C(=O)OC)=C1C. The van der Waals surface area contributed by atoms with Crippen molar-refractivity contribution in [1.82, 2.24) is 10.2 Å². The second-order valence-corrected chi connectivity index (χ2v) is 6.29. The third-order valence-corrected chi connectivity index (χ3v) is 4.51. The smallest absolute Gasteiger partial charge is 0.337 e. The molecule has 8 nitrogen and oxygen atoms in total. The molecule has 1 aromatic rings. The van der Waals surface area contributed by atoms with E-state index in [1.807, 2.05) is 6.92 Å². The van der Waals surface area contributed by atoms with Crippen molar-refractivity contribution in [2.75, 3.05) is 20.8 Å². The number of ether oxygens (including phenoxy) is 2. The Morgan fingerprint density at radius 1 is 1.46 bits per heavy atom. The quantitative estimate of drug-likeness (QED) is 0.348. The molecule has 0 saturated heterocycles. The molecule has 0 unspecified atom stereocenters. The molecule has 2 rings (SSSR count). The molecule has 1 aliphatic rings. The summed E-state index contributed by atoms with van der Waals surface area (Å²) in [5, 5.41) is 14.6. The molecule has 0 amide bonds. The number of methoxy groups -OCH3 is 2. The maximum Gasteiger partial charge on any atom is 0.337 e. The summed E-state index contributed by atoms with van der Waals surface area (Å²) in [6.07, 6.45) is 0. The number of esters is 1. The van der Waals surface area contributed by atoms with Crippen molar-refractivity contribution in [3.63, 3.8) is 0 Å². The lowest BCUT2D eigenvalue weighted by Gasteiger charge is -2.40. The van der Waals surface area contributed by atoms with Crippen molar-refractivity contribution >= 4 is 29.0 Å². The lowest BCUT2D eigenvalue weighted by atomic mass is 9.94. The number of carbonyl (C=O) groups is 1. The van der Waals surface area contributed by atoms with Crippen LogP contribution < -0.4 is 5.32 Å². The van der Waals surface area contributed by atoms with Gasteiger partial charge in [0.25, 0.3) is 5.69 Å². The minimum atomic E-state index is -0.638. The van der Waals surface area contributed by atoms with Crippen LogP contribution in [0.15, 0.2) is 35.5 Å². The first-order valence-electron chi connectivity index (χ1n) is 7.93. The molecule has 0 spiro atoms. The summed E-state index contributed by atoms with van der Waals surface area (Å²) in [5.41, 5.74) is 1.47. The summed E-state index contributed by atoms with van der Waals surface area (Å²) in [7, 11) is 2.88. The summed E-state index contributed by atoms with van der Waals surface area (Å²) in [4.78, 5) is 24.9. The van der Waals surface area contributed by atoms with E-state index in [0.29, 0.717) is 28.6 Å². The van der Waals surface area contributed by atoms with Gasteiger partial charge in [-0.1, -0.05) is 12.1 Å². The second-order valence-electron chi connectivity index (χ2n) is 5.90. The molecule has 0 saturated carbocycles. The minimum absolute atomic E-state index is 0.0627. The van der Waals surface area contributed by atoms with Gasteiger partial charge in [0.2, 0.25) is 0 Å². The zero-order valence-corrected chi connectivity index (χ0v) is 15.8. The first-order valence-corrected chi connectivity index (χ1v) is 8.34. The van der Waals surface area contributed by atoms with Crippen molar-refractivity contribution < 1.29 is 19.2 Å². The summed E-state index contributed by atoms with van der Waals surface area (Å²) in [6, 6.07) is 5.35. The molecule has 0 bridgehead atoms. The lowest BCUT2D eigenvalue weighted by Crippen LogP contribution is -2.52. The molecule has 0 fully saturated rings. The fraction of sp³-hybridized carbons (Fsp3) is 0.412. The van der Waals surface area contributed by atoms with E-state index in [1.54, 1.807) is 31.1 Å². The Kier molecular flexibility index (Phi) is 6.27. The second kappa shape index (κ2) is 8.24. The van der Waals surface area contributed by atoms with Crippen LogP contribution in [0.4, 0.5) is 5.69 Å². The molecular formula is C17H21N3O5S. The van der Waals surface area contributed by atoms with Gasteiger partial charge in [-0.25, -0.2) is 4.79 Å². The first kappa shape index (κ1) is 19.8. The van der Waals surface area contributed by atoms with Gasteiger partial charge in [0, 0.05) is 24.9 Å². The number of thiocarbonyl (C=S) groups is 1. The maximum atomic E-state index is 12.5. The maximum absolute atomic E-state index is 12.5. The van der Waals surface area contributed by atoms with E-state index >= 15 is 0 Å². The number of carbonyl (C=O) groups excluding carboxylic acids is 1. The van der Waals surface area contributed by atoms with E-state index < -0.39 is 16.9 Å². The number of non-ortho nitro benzene ring substituents is 1. The Morgan fingerprint density at radius 2 is 2.15 bits per heavy atom. The molecule has 26 heavy (non-hydrogen) atoms. The van der Waals surface area contributed by atoms with Crippen LogP contribution in [0.3, 0.4) is 0 Å². The number of nitrogens with one attached hydrogen (secondary N) is 1. The van der Waals surface area contributed by atoms with Gasteiger partial charge in [-0.05, 0) is 31.6 Å². The largest absolute Gasteiger partial charge is 0.466 e. The number of hydrogen-bond acceptors (Lipinski definition) is 6. The Labute approximate surface area is 156 Å². The fourth-order valence-electron chi connectivity index (χ4n) is 3.05. The molecule has 0 aliphatic carbocycles. The highest BCUT2D eigenvalue weighted by molar-refractivity contribution is 7.80. The van der Waals surface area contributed by atoms with Crippen LogP contribution in [0.1, 0.15) is 25.5 Å². The predicted molar refractivity (Wildman–Crippen MR) is 99.5 cm³/mol. The Morgan fingerprint density at radius 3 is 2.73 bits per heavy atom. The van der Waals surface area contributed by atoms with Gasteiger partial charge in [-0.2, -0.15) is 0 Å². The van der Waals surface area contributed by atoms with E-state index in [1.165, 1.54) is 19.2 Å². The molecule has 0 radical (unpaired) electrons. The normalized spacial score (nSPS) is 18.4. The van der Waals surface area contributed by atoms with Crippen LogP contribution in [0.2, 0.25) is 0 Å². The zero-order valence-electron chi connectivity index (χ0n) is 15.0. The Hall–Kier alpha value is -2.52. The van der Waals surface area contributed by atoms with E-state index in [0.717, 1.165) is 0 Å². The first-order chi connectivity index (χ1) is 12.3. The van der Waals surface area contributed by atoms with Gasteiger partial charge in [-0.3, -0.25) is 10.1 Å². The third-order valence-electron chi connectivity index (χ3n) is 4.19. The average molecular weight is 379 g/mol. The van der Waals surface area contributed by atoms with Crippen LogP contribution in [0.5, 0.6) is 0 Å². The summed E-state index contributed by atoms with van der Waals surface area (Å²) in [6.45, 7) is 4.11. The molecule has 140 valence electrons. The Bertz CT molecular complexity index is 765. The predicted octanol–water partition coefficient (Wildman–Crippen LogP) is 2.31. The van der Waals surface area contributed by atoms with E-state index in [2.05, 4.69) is 5.32 Å². The van der Waals surface area contributed by atoms with Crippen LogP contribution >= 0.6 is 12.2 Å². The number of nitro groups is 1. The monoisotopic (exact) mass is 379 g/mol. The highest BCUT2D eigenvalue weighted by atomic mass is 32.1. The summed E-state index contributed by atoms with van der Waals surface area (Å²) >= 11 is 5.47. The van der Waals surface area contributed by atoms with Gasteiger partial charge < -0.3 is 19.7 Å². The van der Waals surface area contributed by atoms with E-state index in [4.69, 9.17) is 21.7 Å². The number of nitrogens with zero attached hydrogens (tertiary/aromatic N) is 2. The topological polar surface area (TPSA) is 93.9 Å². The Balaban J connectivity index is 2.56. The van der Waals surface area contributed by atoms with E-state index in [9.17, 15) is 14.9 Å². The fourth-order valence-corrected chi connectivity index (χ4v) is 3.48. The van der Waals surface area contributed by atoms with E-state index in [-0.39, 0.29) is 11.7 Å². The average Bonchev–Trinajstić information content (AvgIpc) is 2.61. The van der Waals surface area contributed by atoms with Gasteiger partial charge in [-0.15, -0.1) is 0 Å². The minimum Gasteiger partial charge on any atom is -0.466 e. The van der Waals surface area contributed by atoms with Crippen molar-refractivity contribution in [1.29, 1.82) is 0 Å². The molecule has 1 N–H and O–H groups in total. The van der Waals surface area contributed by atoms with Gasteiger partial charge in [0.1, 0.15) is 0 Å². The highest BCUT2D eigenvalue weighted by Crippen LogP contribution is 2.33. The number of allylic oxidation sites excluding steroid dienone is 1. The number of rotatable bonds is 6. The van der Waals surface area contributed by atoms with Crippen molar-refractivity contribution in [3.8, 4) is 0 Å². The van der Waals surface area contributed by atoms with Gasteiger partial charge in [0.05, 0.1) is 36.3 Å². The van der Waals surface area contributed by atoms with Crippen LogP contribution in [0.25, 0.3) is 0 Å². The van der Waals surface area contributed by atoms with Crippen molar-refractivity contribution in [3.05, 3.63) is 51.2 Å². The molecular weight excluding hydrogens is 358 g/mol. The van der Waals surface area contributed by atoms with Gasteiger partial charge in [0.15, 0.2) is 5.11 Å². The van der Waals surface area contributed by atoms with Crippen molar-refractivity contribution in [2.45, 2.75) is 25.9 Å². The lowest BCUT2D eigenvalue weighted by molar-refractivity contribution is -0.384. The number of hydrogen-bond donors (Lipinski definition) is 1. The summed E-state index contributed by atoms with van der Waals surface area (Å²) in [5.74, 6) is -0.524. The van der Waals surface area contributed by atoms with Crippen LogP contribution in [-0.4, -0.2) is 47.8 Å². The van der Waals surface area contributed by atoms with Crippen molar-refractivity contribution in [2.24, 2.45) is 0 Å². The molecule has 1 aromatic carbocycles. The highest BCUT2D eigenvalue weighted by Gasteiger charge is 2.36. The number of benzene rings is 1. The summed E-state index contributed by atoms with van der Waals surface area (Å²) < 4.78 is 10.1. The third kappa shape index (κ3) is 3.83. The molecule has 1 aliphatic heterocycles. The molecule has 2 atom stereocenters. The van der Waals surface area contributed by atoms with Crippen LogP contribution in [0, 0.1) is 10.1 Å². The zero-order chi connectivity index (χ0) is 19.4. The molecule has 0 aromatic heterocycles.